The van der Waals surface area contributed by atoms with Crippen LogP contribution >= 0.6 is 0 Å². The molecule has 10 aromatic carbocycles. The Morgan fingerprint density at radius 1 is 0.219 bits per heavy atom. The molecule has 0 unspecified atom stereocenters. The lowest BCUT2D eigenvalue weighted by Gasteiger charge is -2.15. The fourth-order valence-corrected chi connectivity index (χ4v) is 11.5. The maximum absolute atomic E-state index is 2.53. The second kappa shape index (κ2) is 12.5. The molecule has 0 amide bonds. The zero-order valence-corrected chi connectivity index (χ0v) is 34.6. The Kier molecular flexibility index (Phi) is 6.65. The summed E-state index contributed by atoms with van der Waals surface area (Å²) in [6.07, 6.45) is 0. The van der Waals surface area contributed by atoms with Gasteiger partial charge in [-0.05, 0) is 95.1 Å². The molecule has 15 aromatic rings. The zero-order chi connectivity index (χ0) is 41.6. The number of benzene rings is 10. The first-order valence-electron chi connectivity index (χ1n) is 22.1. The van der Waals surface area contributed by atoms with Crippen LogP contribution in [0.5, 0.6) is 0 Å². The van der Waals surface area contributed by atoms with Crippen molar-refractivity contribution in [1.29, 1.82) is 0 Å². The first-order valence-corrected chi connectivity index (χ1v) is 22.1. The lowest BCUT2D eigenvalue weighted by Crippen LogP contribution is -1.98. The minimum absolute atomic E-state index is 1.16. The van der Waals surface area contributed by atoms with Gasteiger partial charge in [0, 0.05) is 54.5 Å². The quantitative estimate of drug-likeness (QED) is 0.158. The van der Waals surface area contributed by atoms with Gasteiger partial charge in [-0.25, -0.2) is 0 Å². The van der Waals surface area contributed by atoms with E-state index in [1.807, 2.05) is 0 Å². The van der Waals surface area contributed by atoms with Crippen LogP contribution in [0.1, 0.15) is 0 Å². The predicted octanol–water partition coefficient (Wildman–Crippen LogP) is 15.8. The molecular weight excluding hydrogens is 777 g/mol. The molecule has 296 valence electrons. The molecule has 15 rings (SSSR count). The van der Waals surface area contributed by atoms with Gasteiger partial charge in [0.15, 0.2) is 0 Å². The summed E-state index contributed by atoms with van der Waals surface area (Å²) in [6.45, 7) is 0. The molecular formula is C60H36N4. The number of hydrogen-bond acceptors (Lipinski definition) is 0. The molecule has 4 heteroatoms. The van der Waals surface area contributed by atoms with Crippen LogP contribution in [0.3, 0.4) is 0 Å². The van der Waals surface area contributed by atoms with E-state index in [2.05, 4.69) is 236 Å². The van der Waals surface area contributed by atoms with Crippen LogP contribution in [0.4, 0.5) is 0 Å². The molecule has 5 aromatic heterocycles. The summed E-state index contributed by atoms with van der Waals surface area (Å²) < 4.78 is 9.86. The SMILES string of the molecule is c1ccc2c(c1)c1ccccc1n2-c1ccc(-c2ccc3c4c2c2ccccc2n4c2ccc(-c4ccc(-n5c6ccccc6c6ccccc65)cc4)c4c5ccccc5n3c42)cc1. The van der Waals surface area contributed by atoms with E-state index in [1.54, 1.807) is 0 Å². The number of hydrogen-bond donors (Lipinski definition) is 0. The van der Waals surface area contributed by atoms with Gasteiger partial charge in [0.1, 0.15) is 0 Å². The van der Waals surface area contributed by atoms with Crippen LogP contribution in [-0.2, 0) is 0 Å². The predicted molar refractivity (Wildman–Crippen MR) is 269 cm³/mol. The van der Waals surface area contributed by atoms with Crippen molar-refractivity contribution in [1.82, 2.24) is 17.9 Å². The third kappa shape index (κ3) is 4.36. The molecule has 0 atom stereocenters. The highest BCUT2D eigenvalue weighted by Gasteiger charge is 2.25. The van der Waals surface area contributed by atoms with E-state index >= 15 is 0 Å². The van der Waals surface area contributed by atoms with E-state index in [9.17, 15) is 0 Å². The topological polar surface area (TPSA) is 18.7 Å². The Balaban J connectivity index is 0.944. The Hall–Kier alpha value is -8.60. The summed E-state index contributed by atoms with van der Waals surface area (Å²) in [6, 6.07) is 80.6. The third-order valence-corrected chi connectivity index (χ3v) is 14.1. The molecule has 0 aliphatic rings. The lowest BCUT2D eigenvalue weighted by molar-refractivity contribution is 1.18. The van der Waals surface area contributed by atoms with Gasteiger partial charge in [-0.1, -0.05) is 146 Å². The van der Waals surface area contributed by atoms with Gasteiger partial charge in [-0.3, -0.25) is 0 Å². The molecule has 0 fully saturated rings. The van der Waals surface area contributed by atoms with Crippen LogP contribution in [-0.4, -0.2) is 17.9 Å². The lowest BCUT2D eigenvalue weighted by atomic mass is 9.98. The average Bonchev–Trinajstić information content (AvgIpc) is 4.10. The van der Waals surface area contributed by atoms with Crippen molar-refractivity contribution >= 4 is 98.3 Å². The van der Waals surface area contributed by atoms with E-state index in [4.69, 9.17) is 0 Å². The summed E-state index contributed by atoms with van der Waals surface area (Å²) >= 11 is 0. The van der Waals surface area contributed by atoms with Crippen molar-refractivity contribution in [3.8, 4) is 33.6 Å². The number of aromatic nitrogens is 4. The monoisotopic (exact) mass is 812 g/mol. The van der Waals surface area contributed by atoms with E-state index in [0.29, 0.717) is 0 Å². The third-order valence-electron chi connectivity index (χ3n) is 14.1. The van der Waals surface area contributed by atoms with Gasteiger partial charge in [0.25, 0.3) is 0 Å². The van der Waals surface area contributed by atoms with Gasteiger partial charge in [0.05, 0.1) is 55.2 Å². The molecule has 0 saturated heterocycles. The Morgan fingerprint density at radius 2 is 0.516 bits per heavy atom. The second-order valence-electron chi connectivity index (χ2n) is 17.2. The van der Waals surface area contributed by atoms with Crippen molar-refractivity contribution in [2.45, 2.75) is 0 Å². The first-order chi connectivity index (χ1) is 31.8. The molecule has 5 heterocycles. The summed E-state index contributed by atoms with van der Waals surface area (Å²) in [4.78, 5) is 0. The normalized spacial score (nSPS) is 12.4. The first kappa shape index (κ1) is 34.0. The van der Waals surface area contributed by atoms with Crippen LogP contribution in [0, 0.1) is 0 Å². The van der Waals surface area contributed by atoms with Crippen molar-refractivity contribution in [3.05, 3.63) is 218 Å². The van der Waals surface area contributed by atoms with Gasteiger partial charge >= 0.3 is 0 Å². The van der Waals surface area contributed by atoms with Gasteiger partial charge in [-0.2, -0.15) is 0 Å². The van der Waals surface area contributed by atoms with Crippen molar-refractivity contribution in [2.75, 3.05) is 0 Å². The summed E-state index contributed by atoms with van der Waals surface area (Å²) in [5.74, 6) is 0. The molecule has 0 bridgehead atoms. The Bertz CT molecular complexity index is 4010. The molecule has 4 nitrogen and oxygen atoms in total. The fourth-order valence-electron chi connectivity index (χ4n) is 11.5. The summed E-state index contributed by atoms with van der Waals surface area (Å²) in [7, 11) is 0. The Labute approximate surface area is 366 Å². The molecule has 0 saturated carbocycles. The van der Waals surface area contributed by atoms with E-state index < -0.39 is 0 Å². The van der Waals surface area contributed by atoms with Crippen LogP contribution in [0.25, 0.3) is 132 Å². The van der Waals surface area contributed by atoms with Gasteiger partial charge in [-0.15, -0.1) is 0 Å². The summed E-state index contributed by atoms with van der Waals surface area (Å²) in [5, 5.41) is 10.2. The van der Waals surface area contributed by atoms with Crippen molar-refractivity contribution in [2.24, 2.45) is 0 Å². The maximum atomic E-state index is 2.53. The van der Waals surface area contributed by atoms with Crippen LogP contribution < -0.4 is 0 Å². The average molecular weight is 813 g/mol. The van der Waals surface area contributed by atoms with Crippen LogP contribution in [0.15, 0.2) is 218 Å². The molecule has 0 spiro atoms. The number of fused-ring (bicyclic) bond motifs is 14. The largest absolute Gasteiger partial charge is 0.309 e. The Morgan fingerprint density at radius 3 is 0.859 bits per heavy atom. The maximum Gasteiger partial charge on any atom is 0.0789 e. The number of rotatable bonds is 4. The van der Waals surface area contributed by atoms with Gasteiger partial charge in [0.2, 0.25) is 0 Å². The molecule has 0 N–H and O–H groups in total. The van der Waals surface area contributed by atoms with Crippen molar-refractivity contribution in [3.63, 3.8) is 0 Å². The minimum atomic E-state index is 1.16. The summed E-state index contributed by atoms with van der Waals surface area (Å²) in [5.41, 5.74) is 19.4. The molecule has 0 radical (unpaired) electrons. The number of nitrogens with zero attached hydrogens (tertiary/aromatic N) is 4. The molecule has 0 aliphatic heterocycles. The smallest absolute Gasteiger partial charge is 0.0789 e. The fraction of sp³-hybridized carbons (Fsp3) is 0. The highest BCUT2D eigenvalue weighted by atomic mass is 15.0. The second-order valence-corrected chi connectivity index (χ2v) is 17.2. The number of para-hydroxylation sites is 6. The van der Waals surface area contributed by atoms with Crippen LogP contribution in [0.2, 0.25) is 0 Å². The van der Waals surface area contributed by atoms with Crippen molar-refractivity contribution < 1.29 is 0 Å². The molecule has 0 aliphatic carbocycles. The molecule has 64 heavy (non-hydrogen) atoms. The highest BCUT2D eigenvalue weighted by molar-refractivity contribution is 6.26. The van der Waals surface area contributed by atoms with Gasteiger partial charge < -0.3 is 17.9 Å². The highest BCUT2D eigenvalue weighted by Crippen LogP contribution is 2.47. The van der Waals surface area contributed by atoms with E-state index in [-0.39, 0.29) is 0 Å². The zero-order valence-electron chi connectivity index (χ0n) is 34.6. The standard InChI is InChI=1S/C60H36N4/c1-7-19-49-43(13-1)44-14-2-8-20-50(44)61(49)39-29-25-37(26-30-39)41-33-35-55-59-57(41)47-17-5-11-23-53(47)63(59)56-36-34-42(58-48-18-6-12-24-54(48)64(55)60(56)58)38-27-31-40(32-28-38)62-51-21-9-3-15-45(51)46-16-4-10-22-52(46)62/h1-36H. The van der Waals surface area contributed by atoms with E-state index in [1.165, 1.54) is 121 Å². The minimum Gasteiger partial charge on any atom is -0.309 e. The van der Waals surface area contributed by atoms with E-state index in [0.717, 1.165) is 11.4 Å².